The number of hydrogen-bond acceptors (Lipinski definition) is 12. The zero-order valence-electron chi connectivity index (χ0n) is 18.8. The van der Waals surface area contributed by atoms with Crippen molar-refractivity contribution in [2.45, 2.75) is 65.3 Å². The van der Waals surface area contributed by atoms with Crippen molar-refractivity contribution in [1.29, 1.82) is 0 Å². The molecule has 0 saturated carbocycles. The fourth-order valence-electron chi connectivity index (χ4n) is 3.25. The van der Waals surface area contributed by atoms with E-state index in [0.29, 0.717) is 0 Å². The highest BCUT2D eigenvalue weighted by Gasteiger charge is 2.53. The molecule has 2 heterocycles. The first-order valence-electron chi connectivity index (χ1n) is 10.1. The minimum Gasteiger partial charge on any atom is -0.478 e. The number of rotatable bonds is 8. The Morgan fingerprint density at radius 3 is 2.03 bits per heavy atom. The minimum absolute atomic E-state index is 0.0596. The van der Waals surface area contributed by atoms with Crippen molar-refractivity contribution in [2.24, 2.45) is 0 Å². The van der Waals surface area contributed by atoms with Crippen LogP contribution in [0.4, 0.5) is 0 Å². The number of hydrogen-bond donors (Lipinski definition) is 0. The first kappa shape index (κ1) is 25.8. The quantitative estimate of drug-likeness (QED) is 0.367. The number of carbonyl (C=O) groups is 4. The molecule has 0 aromatic carbocycles. The van der Waals surface area contributed by atoms with Gasteiger partial charge in [-0.05, 0) is 6.92 Å². The van der Waals surface area contributed by atoms with Crippen LogP contribution >= 0.6 is 0 Å². The van der Waals surface area contributed by atoms with E-state index in [4.69, 9.17) is 28.4 Å². The summed E-state index contributed by atoms with van der Waals surface area (Å²) in [7, 11) is 0. The van der Waals surface area contributed by atoms with Gasteiger partial charge in [0.1, 0.15) is 12.7 Å². The maximum atomic E-state index is 12.7. The molecule has 0 spiro atoms. The molecular weight excluding hydrogens is 444 g/mol. The lowest BCUT2D eigenvalue weighted by Crippen LogP contribution is -2.61. The molecule has 0 N–H and O–H groups in total. The second-order valence-electron chi connectivity index (χ2n) is 6.98. The van der Waals surface area contributed by atoms with Crippen LogP contribution in [0.15, 0.2) is 17.1 Å². The summed E-state index contributed by atoms with van der Waals surface area (Å²) in [5.41, 5.74) is -0.818. The van der Waals surface area contributed by atoms with E-state index in [2.05, 4.69) is 4.98 Å². The molecule has 1 saturated heterocycles. The maximum absolute atomic E-state index is 12.7. The van der Waals surface area contributed by atoms with Crippen LogP contribution in [0.1, 0.15) is 40.8 Å². The lowest BCUT2D eigenvalue weighted by atomic mass is 9.97. The van der Waals surface area contributed by atoms with Crippen molar-refractivity contribution in [3.63, 3.8) is 0 Å². The predicted octanol–water partition coefficient (Wildman–Crippen LogP) is -0.102. The van der Waals surface area contributed by atoms with Crippen LogP contribution in [0.25, 0.3) is 0 Å². The minimum atomic E-state index is -1.42. The smallest absolute Gasteiger partial charge is 0.353 e. The van der Waals surface area contributed by atoms with E-state index >= 15 is 0 Å². The molecule has 0 amide bonds. The lowest BCUT2D eigenvalue weighted by molar-refractivity contribution is -0.269. The van der Waals surface area contributed by atoms with Crippen LogP contribution in [0.3, 0.4) is 0 Å². The first-order chi connectivity index (χ1) is 15.5. The Bertz CT molecular complexity index is 944. The van der Waals surface area contributed by atoms with Crippen molar-refractivity contribution in [3.8, 4) is 5.88 Å². The molecule has 2 rings (SSSR count). The highest BCUT2D eigenvalue weighted by Crippen LogP contribution is 2.34. The van der Waals surface area contributed by atoms with E-state index in [1.165, 1.54) is 12.3 Å². The SMILES string of the molecule is CCOc1ccn([C@@H]2O[C@H](COC(C)=O)[C@@H](OC(C)=O)[C@H](OC(C)=O)[C@H]2OC(C)=O)c(=O)n1. The standard InChI is InChI=1S/C20H26N2O11/c1-6-28-15-7-8-22(20(27)21-15)19-18(32-13(5)26)17(31-12(4)25)16(30-11(3)24)14(33-19)9-29-10(2)23/h7-8,14,16-19H,6,9H2,1-5H3/t14-,16-,17+,18-,19-/m1/s1. The summed E-state index contributed by atoms with van der Waals surface area (Å²) in [4.78, 5) is 63.3. The largest absolute Gasteiger partial charge is 0.478 e. The van der Waals surface area contributed by atoms with Crippen molar-refractivity contribution >= 4 is 23.9 Å². The topological polar surface area (TPSA) is 159 Å². The number of esters is 4. The van der Waals surface area contributed by atoms with E-state index in [-0.39, 0.29) is 12.5 Å². The third-order valence-electron chi connectivity index (χ3n) is 4.34. The Labute approximate surface area is 188 Å². The van der Waals surface area contributed by atoms with E-state index < -0.39 is 66.8 Å². The van der Waals surface area contributed by atoms with Crippen LogP contribution in [0, 0.1) is 0 Å². The van der Waals surface area contributed by atoms with E-state index in [9.17, 15) is 24.0 Å². The molecule has 182 valence electrons. The van der Waals surface area contributed by atoms with Gasteiger partial charge in [-0.1, -0.05) is 0 Å². The summed E-state index contributed by atoms with van der Waals surface area (Å²) >= 11 is 0. The molecule has 0 unspecified atom stereocenters. The second kappa shape index (κ2) is 11.4. The van der Waals surface area contributed by atoms with Crippen LogP contribution < -0.4 is 10.4 Å². The highest BCUT2D eigenvalue weighted by atomic mass is 16.7. The van der Waals surface area contributed by atoms with Crippen LogP contribution in [-0.4, -0.2) is 71.1 Å². The number of carbonyl (C=O) groups excluding carboxylic acids is 4. The van der Waals surface area contributed by atoms with Gasteiger partial charge in [0, 0.05) is 40.0 Å². The predicted molar refractivity (Wildman–Crippen MR) is 107 cm³/mol. The molecule has 5 atom stereocenters. The van der Waals surface area contributed by atoms with Gasteiger partial charge in [-0.3, -0.25) is 23.7 Å². The van der Waals surface area contributed by atoms with Crippen molar-refractivity contribution in [2.75, 3.05) is 13.2 Å². The van der Waals surface area contributed by atoms with Crippen molar-refractivity contribution < 1.29 is 47.6 Å². The Morgan fingerprint density at radius 2 is 1.52 bits per heavy atom. The first-order valence-corrected chi connectivity index (χ1v) is 10.1. The van der Waals surface area contributed by atoms with E-state index in [1.807, 2.05) is 0 Å². The van der Waals surface area contributed by atoms with Gasteiger partial charge >= 0.3 is 29.6 Å². The lowest BCUT2D eigenvalue weighted by Gasteiger charge is -2.44. The highest BCUT2D eigenvalue weighted by molar-refractivity contribution is 5.68. The zero-order valence-corrected chi connectivity index (χ0v) is 18.8. The average molecular weight is 470 g/mol. The molecule has 13 heteroatoms. The summed E-state index contributed by atoms with van der Waals surface area (Å²) < 4.78 is 33.1. The van der Waals surface area contributed by atoms with Gasteiger partial charge in [-0.2, -0.15) is 4.98 Å². The third-order valence-corrected chi connectivity index (χ3v) is 4.34. The molecular formula is C20H26N2O11. The van der Waals surface area contributed by atoms with Gasteiger partial charge in [0.25, 0.3) is 0 Å². The van der Waals surface area contributed by atoms with Crippen LogP contribution in [0.2, 0.25) is 0 Å². The second-order valence-corrected chi connectivity index (χ2v) is 6.98. The Morgan fingerprint density at radius 1 is 0.939 bits per heavy atom. The molecule has 1 aromatic rings. The van der Waals surface area contributed by atoms with Gasteiger partial charge in [0.2, 0.25) is 5.88 Å². The normalized spacial score (nSPS) is 24.3. The average Bonchev–Trinajstić information content (AvgIpc) is 2.69. The number of ether oxygens (including phenoxy) is 6. The zero-order chi connectivity index (χ0) is 24.7. The number of aromatic nitrogens is 2. The van der Waals surface area contributed by atoms with Gasteiger partial charge in [0.15, 0.2) is 24.5 Å². The Kier molecular flexibility index (Phi) is 8.91. The number of nitrogens with zero attached hydrogens (tertiary/aromatic N) is 2. The molecule has 1 aliphatic rings. The molecule has 0 aliphatic carbocycles. The summed E-state index contributed by atoms with van der Waals surface area (Å²) in [6.07, 6.45) is -5.40. The summed E-state index contributed by atoms with van der Waals surface area (Å²) in [5, 5.41) is 0. The van der Waals surface area contributed by atoms with Gasteiger partial charge in [0.05, 0.1) is 6.61 Å². The molecule has 33 heavy (non-hydrogen) atoms. The summed E-state index contributed by atoms with van der Waals surface area (Å²) in [6, 6.07) is 1.39. The molecule has 0 bridgehead atoms. The Balaban J connectivity index is 2.58. The van der Waals surface area contributed by atoms with Gasteiger partial charge < -0.3 is 28.4 Å². The van der Waals surface area contributed by atoms with Crippen LogP contribution in [-0.2, 0) is 42.9 Å². The van der Waals surface area contributed by atoms with E-state index in [1.54, 1.807) is 6.92 Å². The summed E-state index contributed by atoms with van der Waals surface area (Å²) in [5.74, 6) is -2.91. The van der Waals surface area contributed by atoms with E-state index in [0.717, 1.165) is 32.3 Å². The molecule has 1 aromatic heterocycles. The molecule has 1 fully saturated rings. The molecule has 0 radical (unpaired) electrons. The third kappa shape index (κ3) is 7.00. The Hall–Kier alpha value is -3.48. The fraction of sp³-hybridized carbons (Fsp3) is 0.600. The molecule has 1 aliphatic heterocycles. The molecule has 13 nitrogen and oxygen atoms in total. The van der Waals surface area contributed by atoms with Crippen molar-refractivity contribution in [1.82, 2.24) is 9.55 Å². The van der Waals surface area contributed by atoms with Gasteiger partial charge in [-0.25, -0.2) is 4.79 Å². The summed E-state index contributed by atoms with van der Waals surface area (Å²) in [6.45, 7) is 6.06. The monoisotopic (exact) mass is 470 g/mol. The fourth-order valence-corrected chi connectivity index (χ4v) is 3.25. The van der Waals surface area contributed by atoms with Gasteiger partial charge in [-0.15, -0.1) is 0 Å². The van der Waals surface area contributed by atoms with Crippen molar-refractivity contribution in [3.05, 3.63) is 22.7 Å². The van der Waals surface area contributed by atoms with Crippen LogP contribution in [0.5, 0.6) is 5.88 Å². The maximum Gasteiger partial charge on any atom is 0.353 e.